The number of halogens is 1. The number of hydrogen-bond donors (Lipinski definition) is 1. The van der Waals surface area contributed by atoms with Crippen molar-refractivity contribution in [2.45, 2.75) is 0 Å². The summed E-state index contributed by atoms with van der Waals surface area (Å²) in [5.41, 5.74) is 22.3. The van der Waals surface area contributed by atoms with Crippen molar-refractivity contribution in [3.05, 3.63) is 381 Å². The van der Waals surface area contributed by atoms with Crippen molar-refractivity contribution in [1.82, 2.24) is 29.5 Å². The van der Waals surface area contributed by atoms with Crippen LogP contribution in [0.2, 0.25) is 0 Å². The summed E-state index contributed by atoms with van der Waals surface area (Å²) in [4.78, 5) is 23.2. The van der Waals surface area contributed by atoms with Crippen LogP contribution in [0, 0.1) is 0 Å². The minimum atomic E-state index is 0.604. The molecule has 0 aliphatic heterocycles. The van der Waals surface area contributed by atoms with E-state index in [1.165, 1.54) is 139 Å². The zero-order valence-corrected chi connectivity index (χ0v) is 61.9. The van der Waals surface area contributed by atoms with Crippen molar-refractivity contribution in [3.8, 4) is 95.5 Å². The Hall–Kier alpha value is -13.3. The van der Waals surface area contributed by atoms with E-state index < -0.39 is 0 Å². The van der Waals surface area contributed by atoms with Gasteiger partial charge in [-0.3, -0.25) is 4.57 Å². The largest absolute Gasteiger partial charge is 0.354 e. The average molecular weight is 1490 g/mol. The van der Waals surface area contributed by atoms with Gasteiger partial charge >= 0.3 is 0 Å². The standard InChI is InChI=1S/C50H31N3S.C34H21NS.C16H11BrN2/c1-4-12-32(13-5-1)33-20-22-34(23-21-33)38-25-28-45-40(30-38)48-46(54-45)29-27-44-49(48)47-39-19-11-10-14-35(39)24-26-43(47)53(44)50-51-41(36-15-6-2-7-16-36)31-42(52-50)37-17-8-3-9-18-37;1-2-6-21(7-3-1)22-10-12-23(13-11-22)25-15-18-30-27(20-25)33-31(36-30)19-17-29-34(33)32-26-9-5-4-8-24(26)14-16-28(32)35-29;17-16-18-14(12-7-3-1-4-8-12)11-15(19-16)13-9-5-2-6-10-13/h1-31H;1-20,35H;1-11H. The van der Waals surface area contributed by atoms with Crippen molar-refractivity contribution in [2.24, 2.45) is 0 Å². The molecule has 0 atom stereocenters. The molecule has 512 valence electrons. The molecule has 0 aliphatic rings. The fourth-order valence-electron chi connectivity index (χ4n) is 15.7. The second-order valence-electron chi connectivity index (χ2n) is 27.4. The lowest BCUT2D eigenvalue weighted by Crippen LogP contribution is -2.04. The van der Waals surface area contributed by atoms with Gasteiger partial charge in [0.2, 0.25) is 5.95 Å². The molecule has 9 heteroatoms. The number of hydrogen-bond acceptors (Lipinski definition) is 6. The summed E-state index contributed by atoms with van der Waals surface area (Å²) in [7, 11) is 0. The summed E-state index contributed by atoms with van der Waals surface area (Å²) in [6.07, 6.45) is 0. The Kier molecular flexibility index (Phi) is 16.7. The number of rotatable bonds is 9. The third-order valence-corrected chi connectivity index (χ3v) is 23.5. The number of nitrogens with one attached hydrogen (secondary N) is 1. The molecule has 0 bridgehead atoms. The number of benzene rings is 16. The van der Waals surface area contributed by atoms with E-state index in [0.717, 1.165) is 56.1 Å². The Morgan fingerprint density at radius 1 is 0.229 bits per heavy atom. The summed E-state index contributed by atoms with van der Waals surface area (Å²) >= 11 is 7.13. The van der Waals surface area contributed by atoms with Crippen molar-refractivity contribution in [1.29, 1.82) is 0 Å². The first-order chi connectivity index (χ1) is 53.9. The van der Waals surface area contributed by atoms with Gasteiger partial charge in [-0.15, -0.1) is 22.7 Å². The third-order valence-electron chi connectivity index (χ3n) is 20.9. The lowest BCUT2D eigenvalue weighted by atomic mass is 9.97. The van der Waals surface area contributed by atoms with Gasteiger partial charge in [0.25, 0.3) is 0 Å². The minimum absolute atomic E-state index is 0.604. The van der Waals surface area contributed by atoms with Gasteiger partial charge in [0, 0.05) is 95.2 Å². The second kappa shape index (κ2) is 27.9. The van der Waals surface area contributed by atoms with Crippen molar-refractivity contribution in [3.63, 3.8) is 0 Å². The summed E-state index contributed by atoms with van der Waals surface area (Å²) in [6, 6.07) is 133. The predicted octanol–water partition coefficient (Wildman–Crippen LogP) is 28.5. The van der Waals surface area contributed by atoms with E-state index in [4.69, 9.17) is 9.97 Å². The minimum Gasteiger partial charge on any atom is -0.354 e. The van der Waals surface area contributed by atoms with Crippen LogP contribution in [-0.4, -0.2) is 29.5 Å². The summed E-state index contributed by atoms with van der Waals surface area (Å²) in [6.45, 7) is 0. The van der Waals surface area contributed by atoms with E-state index in [9.17, 15) is 0 Å². The summed E-state index contributed by atoms with van der Waals surface area (Å²) in [5, 5.41) is 15.4. The van der Waals surface area contributed by atoms with Crippen molar-refractivity contribution in [2.75, 3.05) is 0 Å². The maximum atomic E-state index is 5.32. The average Bonchev–Trinajstić information content (AvgIpc) is 1.55. The van der Waals surface area contributed by atoms with Gasteiger partial charge < -0.3 is 4.98 Å². The SMILES string of the molecule is Brc1nc(-c2ccccc2)cc(-c2ccccc2)n1.c1ccc(-c2ccc(-c3ccc4sc5ccc6[nH]c7ccc8ccccc8c7c6c5c4c3)cc2)cc1.c1ccc(-c2ccc(-c3ccc4sc5ccc6c(c5c4c3)c3c4ccccc4ccc3n6-c3nc(-c4ccccc4)cc(-c4ccccc4)n3)cc2)cc1. The molecule has 22 rings (SSSR count). The zero-order valence-electron chi connectivity index (χ0n) is 58.7. The maximum Gasteiger partial charge on any atom is 0.235 e. The molecule has 0 saturated carbocycles. The van der Waals surface area contributed by atoms with Crippen molar-refractivity contribution < 1.29 is 0 Å². The van der Waals surface area contributed by atoms with E-state index in [-0.39, 0.29) is 0 Å². The highest BCUT2D eigenvalue weighted by Gasteiger charge is 2.24. The number of thiophene rings is 2. The first kappa shape index (κ1) is 65.3. The Labute approximate surface area is 645 Å². The van der Waals surface area contributed by atoms with E-state index in [1.807, 2.05) is 102 Å². The van der Waals surface area contributed by atoms with Crippen LogP contribution < -0.4 is 0 Å². The van der Waals surface area contributed by atoms with Crippen LogP contribution in [0.3, 0.4) is 0 Å². The molecule has 16 aromatic carbocycles. The van der Waals surface area contributed by atoms with Crippen molar-refractivity contribution >= 4 is 144 Å². The molecule has 0 radical (unpaired) electrons. The van der Waals surface area contributed by atoms with Gasteiger partial charge in [0.1, 0.15) is 0 Å². The molecule has 0 aliphatic carbocycles. The third kappa shape index (κ3) is 12.2. The smallest absolute Gasteiger partial charge is 0.235 e. The summed E-state index contributed by atoms with van der Waals surface area (Å²) in [5.74, 6) is 0.656. The van der Waals surface area contributed by atoms with E-state index in [0.29, 0.717) is 10.7 Å². The summed E-state index contributed by atoms with van der Waals surface area (Å²) < 4.78 is 8.10. The number of fused-ring (bicyclic) bond motifs is 18. The van der Waals surface area contributed by atoms with E-state index >= 15 is 0 Å². The lowest BCUT2D eigenvalue weighted by molar-refractivity contribution is 0.996. The molecule has 109 heavy (non-hydrogen) atoms. The van der Waals surface area contributed by atoms with Crippen LogP contribution in [0.5, 0.6) is 0 Å². The number of nitrogens with zero attached hydrogens (tertiary/aromatic N) is 5. The first-order valence-corrected chi connectivity index (χ1v) is 38.9. The highest BCUT2D eigenvalue weighted by molar-refractivity contribution is 9.10. The monoisotopic (exact) mass is 1490 g/mol. The molecular weight excluding hydrogens is 1430 g/mol. The molecule has 6 heterocycles. The Morgan fingerprint density at radius 3 is 1.02 bits per heavy atom. The molecule has 0 fully saturated rings. The van der Waals surface area contributed by atoms with Crippen LogP contribution in [0.25, 0.3) is 201 Å². The number of aromatic amines is 1. The van der Waals surface area contributed by atoms with Crippen LogP contribution in [0.15, 0.2) is 381 Å². The van der Waals surface area contributed by atoms with Gasteiger partial charge in [-0.2, -0.15) is 0 Å². The molecule has 0 spiro atoms. The Bertz CT molecular complexity index is 7070. The normalized spacial score (nSPS) is 11.5. The molecule has 0 unspecified atom stereocenters. The highest BCUT2D eigenvalue weighted by atomic mass is 79.9. The molecular formula is C100H63BrN6S2. The van der Waals surface area contributed by atoms with E-state index in [2.05, 4.69) is 333 Å². The molecule has 0 saturated heterocycles. The van der Waals surface area contributed by atoms with Gasteiger partial charge in [0.15, 0.2) is 4.73 Å². The molecule has 22 aromatic rings. The highest BCUT2D eigenvalue weighted by Crippen LogP contribution is 2.48. The fourth-order valence-corrected chi connectivity index (χ4v) is 18.3. The zero-order chi connectivity index (χ0) is 72.3. The van der Waals surface area contributed by atoms with E-state index in [1.54, 1.807) is 0 Å². The molecule has 0 amide bonds. The maximum absolute atomic E-state index is 5.32. The lowest BCUT2D eigenvalue weighted by Gasteiger charge is -2.12. The number of aromatic nitrogens is 6. The fraction of sp³-hybridized carbons (Fsp3) is 0. The Balaban J connectivity index is 0.000000121. The van der Waals surface area contributed by atoms with Crippen LogP contribution in [0.4, 0.5) is 0 Å². The van der Waals surface area contributed by atoms with Gasteiger partial charge in [-0.05, 0) is 155 Å². The predicted molar refractivity (Wildman–Crippen MR) is 466 cm³/mol. The molecule has 6 nitrogen and oxygen atoms in total. The van der Waals surface area contributed by atoms with Gasteiger partial charge in [-0.1, -0.05) is 303 Å². The van der Waals surface area contributed by atoms with Crippen LogP contribution in [-0.2, 0) is 0 Å². The topological polar surface area (TPSA) is 72.3 Å². The quantitative estimate of drug-likeness (QED) is 0.146. The van der Waals surface area contributed by atoms with Gasteiger partial charge in [0.05, 0.1) is 33.8 Å². The van der Waals surface area contributed by atoms with Gasteiger partial charge in [-0.25, -0.2) is 19.9 Å². The molecule has 6 aromatic heterocycles. The second-order valence-corrected chi connectivity index (χ2v) is 30.2. The Morgan fingerprint density at radius 2 is 0.550 bits per heavy atom. The van der Waals surface area contributed by atoms with Crippen LogP contribution in [0.1, 0.15) is 0 Å². The number of H-pyrrole nitrogens is 1. The van der Waals surface area contributed by atoms with Crippen LogP contribution >= 0.6 is 38.6 Å². The molecule has 1 N–H and O–H groups in total. The first-order valence-electron chi connectivity index (χ1n) is 36.5.